The molecule has 2 aromatic rings. The molecule has 18 heavy (non-hydrogen) atoms. The zero-order valence-electron chi connectivity index (χ0n) is 8.73. The number of fused-ring (bicyclic) bond motifs is 1. The second-order valence-corrected chi connectivity index (χ2v) is 3.61. The molecule has 1 aliphatic heterocycles. The van der Waals surface area contributed by atoms with Crippen molar-refractivity contribution in [2.24, 2.45) is 0 Å². The lowest BCUT2D eigenvalue weighted by molar-refractivity contribution is -0.153. The standard InChI is InChI=1S/C8H6N4O6/c13-5-3-4(6(14)17-5)10-1-2-11-7(15)18-8(16)12(11)9-10/h1-2,4,9H,3H2. The number of carbonyl (C=O) groups is 2. The van der Waals surface area contributed by atoms with Crippen molar-refractivity contribution >= 4 is 11.9 Å². The van der Waals surface area contributed by atoms with Crippen LogP contribution < -0.4 is 11.5 Å². The number of ether oxygens (including phenoxy) is 1. The molecule has 2 aromatic heterocycles. The largest absolute Gasteiger partial charge is 0.459 e. The van der Waals surface area contributed by atoms with Crippen molar-refractivity contribution in [2.45, 2.75) is 12.5 Å². The van der Waals surface area contributed by atoms with Crippen LogP contribution in [0.2, 0.25) is 0 Å². The second-order valence-electron chi connectivity index (χ2n) is 3.61. The summed E-state index contributed by atoms with van der Waals surface area (Å²) in [5.74, 6) is -3.19. The fourth-order valence-electron chi connectivity index (χ4n) is 1.68. The summed E-state index contributed by atoms with van der Waals surface area (Å²) in [5, 5.41) is 2.45. The van der Waals surface area contributed by atoms with E-state index in [1.165, 1.54) is 17.1 Å². The maximum absolute atomic E-state index is 11.3. The first-order chi connectivity index (χ1) is 8.56. The molecular formula is C8H6N4O6. The van der Waals surface area contributed by atoms with Gasteiger partial charge in [-0.05, 0) is 0 Å². The van der Waals surface area contributed by atoms with Crippen molar-refractivity contribution in [2.75, 3.05) is 0 Å². The number of nitrogens with one attached hydrogen (secondary N) is 1. The fourth-order valence-corrected chi connectivity index (χ4v) is 1.68. The summed E-state index contributed by atoms with van der Waals surface area (Å²) >= 11 is 0. The first kappa shape index (κ1) is 10.4. The van der Waals surface area contributed by atoms with Crippen LogP contribution >= 0.6 is 0 Å². The average Bonchev–Trinajstić information content (AvgIpc) is 2.80. The van der Waals surface area contributed by atoms with Gasteiger partial charge in [-0.3, -0.25) is 9.48 Å². The molecule has 10 heteroatoms. The molecule has 0 amide bonds. The maximum atomic E-state index is 11.3. The van der Waals surface area contributed by atoms with Crippen molar-refractivity contribution in [3.8, 4) is 0 Å². The molecule has 3 rings (SSSR count). The zero-order valence-corrected chi connectivity index (χ0v) is 8.73. The van der Waals surface area contributed by atoms with Gasteiger partial charge in [0, 0.05) is 6.20 Å². The number of aromatic nitrogens is 4. The highest BCUT2D eigenvalue weighted by Gasteiger charge is 2.35. The number of cyclic esters (lactones) is 2. The topological polar surface area (TPSA) is 120 Å². The Morgan fingerprint density at radius 2 is 1.94 bits per heavy atom. The quantitative estimate of drug-likeness (QED) is 0.467. The minimum absolute atomic E-state index is 0.146. The van der Waals surface area contributed by atoms with Crippen LogP contribution in [0.4, 0.5) is 0 Å². The third-order valence-corrected chi connectivity index (χ3v) is 2.51. The summed E-state index contributed by atoms with van der Waals surface area (Å²) in [7, 11) is 0. The molecule has 0 bridgehead atoms. The van der Waals surface area contributed by atoms with E-state index in [2.05, 4.69) is 14.4 Å². The van der Waals surface area contributed by atoms with Gasteiger partial charge in [-0.2, -0.15) is 4.52 Å². The van der Waals surface area contributed by atoms with Crippen molar-refractivity contribution in [1.82, 2.24) is 19.0 Å². The lowest BCUT2D eigenvalue weighted by Gasteiger charge is -2.10. The van der Waals surface area contributed by atoms with Crippen molar-refractivity contribution in [3.63, 3.8) is 0 Å². The van der Waals surface area contributed by atoms with Crippen LogP contribution in [0.15, 0.2) is 26.4 Å². The highest BCUT2D eigenvalue weighted by molar-refractivity contribution is 5.95. The number of esters is 2. The van der Waals surface area contributed by atoms with Gasteiger partial charge in [0.25, 0.3) is 0 Å². The highest BCUT2D eigenvalue weighted by atomic mass is 16.6. The van der Waals surface area contributed by atoms with Crippen LogP contribution in [0.5, 0.6) is 0 Å². The number of H-pyrrole nitrogens is 1. The number of hydrogen-bond donors (Lipinski definition) is 1. The molecule has 0 aliphatic carbocycles. The molecule has 1 N–H and O–H groups in total. The molecule has 1 saturated heterocycles. The van der Waals surface area contributed by atoms with E-state index in [-0.39, 0.29) is 6.42 Å². The Balaban J connectivity index is 2.17. The minimum atomic E-state index is -0.938. The van der Waals surface area contributed by atoms with Crippen LogP contribution in [-0.4, -0.2) is 31.0 Å². The average molecular weight is 254 g/mol. The van der Waals surface area contributed by atoms with Gasteiger partial charge >= 0.3 is 23.5 Å². The van der Waals surface area contributed by atoms with Crippen LogP contribution in [-0.2, 0) is 14.3 Å². The number of hydrogen-bond acceptors (Lipinski definition) is 6. The fraction of sp³-hybridized carbons (Fsp3) is 0.250. The number of nitrogens with zero attached hydrogens (tertiary/aromatic N) is 3. The van der Waals surface area contributed by atoms with Gasteiger partial charge in [-0.15, -0.1) is 0 Å². The lowest BCUT2D eigenvalue weighted by Crippen LogP contribution is -2.26. The van der Waals surface area contributed by atoms with E-state index in [4.69, 9.17) is 0 Å². The summed E-state index contributed by atoms with van der Waals surface area (Å²) in [6.45, 7) is 0. The Kier molecular flexibility index (Phi) is 1.93. The van der Waals surface area contributed by atoms with E-state index in [9.17, 15) is 19.2 Å². The molecule has 1 unspecified atom stereocenters. The third kappa shape index (κ3) is 1.35. The summed E-state index contributed by atoms with van der Waals surface area (Å²) in [4.78, 5) is 44.7. The predicted molar refractivity (Wildman–Crippen MR) is 51.6 cm³/mol. The Morgan fingerprint density at radius 3 is 2.61 bits per heavy atom. The first-order valence-corrected chi connectivity index (χ1v) is 4.89. The van der Waals surface area contributed by atoms with Crippen molar-refractivity contribution < 1.29 is 18.7 Å². The lowest BCUT2D eigenvalue weighted by atomic mass is 10.2. The second kappa shape index (κ2) is 3.35. The number of rotatable bonds is 1. The maximum Gasteiger partial charge on any atom is 0.459 e. The van der Waals surface area contributed by atoms with Crippen LogP contribution in [0, 0.1) is 0 Å². The Bertz CT molecular complexity index is 783. The molecule has 10 nitrogen and oxygen atoms in total. The summed E-state index contributed by atoms with van der Waals surface area (Å²) in [6, 6.07) is -0.889. The molecule has 0 spiro atoms. The van der Waals surface area contributed by atoms with E-state index in [1.807, 2.05) is 0 Å². The van der Waals surface area contributed by atoms with Crippen LogP contribution in [0.1, 0.15) is 12.5 Å². The van der Waals surface area contributed by atoms with Gasteiger partial charge in [0.2, 0.25) is 0 Å². The smallest absolute Gasteiger partial charge is 0.391 e. The third-order valence-electron chi connectivity index (χ3n) is 2.51. The van der Waals surface area contributed by atoms with E-state index in [1.54, 1.807) is 0 Å². The summed E-state index contributed by atoms with van der Waals surface area (Å²) < 4.78 is 11.5. The molecule has 1 aliphatic rings. The van der Waals surface area contributed by atoms with Gasteiger partial charge in [-0.25, -0.2) is 19.6 Å². The molecule has 0 aromatic carbocycles. The van der Waals surface area contributed by atoms with Gasteiger partial charge in [-0.1, -0.05) is 4.63 Å². The molecule has 0 radical (unpaired) electrons. The van der Waals surface area contributed by atoms with E-state index < -0.39 is 29.5 Å². The SMILES string of the molecule is O=C1CC(n2ccn3c(=O)oc(=O)n3[nH]2)C(=O)O1. The van der Waals surface area contributed by atoms with Crippen molar-refractivity contribution in [1.29, 1.82) is 0 Å². The van der Waals surface area contributed by atoms with E-state index >= 15 is 0 Å². The Hall–Kier alpha value is -2.78. The monoisotopic (exact) mass is 254 g/mol. The molecule has 0 saturated carbocycles. The van der Waals surface area contributed by atoms with Crippen molar-refractivity contribution in [3.05, 3.63) is 33.5 Å². The first-order valence-electron chi connectivity index (χ1n) is 4.89. The Labute approximate surface area is 96.6 Å². The molecule has 1 fully saturated rings. The summed E-state index contributed by atoms with van der Waals surface area (Å²) in [5.41, 5.74) is 0. The predicted octanol–water partition coefficient (Wildman–Crippen LogP) is -1.94. The summed E-state index contributed by atoms with van der Waals surface area (Å²) in [6.07, 6.45) is 2.40. The minimum Gasteiger partial charge on any atom is -0.391 e. The van der Waals surface area contributed by atoms with E-state index in [0.717, 1.165) is 9.15 Å². The number of aromatic amines is 1. The number of carbonyl (C=O) groups excluding carboxylic acids is 2. The zero-order chi connectivity index (χ0) is 12.9. The normalized spacial score (nSPS) is 19.4. The van der Waals surface area contributed by atoms with E-state index in [0.29, 0.717) is 0 Å². The van der Waals surface area contributed by atoms with Gasteiger partial charge in [0.15, 0.2) is 6.04 Å². The highest BCUT2D eigenvalue weighted by Crippen LogP contribution is 2.19. The van der Waals surface area contributed by atoms with Gasteiger partial charge in [0.1, 0.15) is 0 Å². The molecule has 94 valence electrons. The molecule has 1 atom stereocenters. The molecular weight excluding hydrogens is 248 g/mol. The van der Waals surface area contributed by atoms with Crippen LogP contribution in [0.25, 0.3) is 0 Å². The molecule has 3 heterocycles. The van der Waals surface area contributed by atoms with Gasteiger partial charge in [0.05, 0.1) is 12.6 Å². The van der Waals surface area contributed by atoms with Gasteiger partial charge < -0.3 is 9.15 Å². The van der Waals surface area contributed by atoms with Crippen LogP contribution in [0.3, 0.4) is 0 Å². The Morgan fingerprint density at radius 1 is 1.17 bits per heavy atom.